The van der Waals surface area contributed by atoms with Crippen molar-refractivity contribution in [1.29, 1.82) is 0 Å². The summed E-state index contributed by atoms with van der Waals surface area (Å²) >= 11 is 6.17. The van der Waals surface area contributed by atoms with Crippen LogP contribution in [0.15, 0.2) is 36.4 Å². The van der Waals surface area contributed by atoms with E-state index in [9.17, 15) is 0 Å². The fourth-order valence-electron chi connectivity index (χ4n) is 2.06. The Morgan fingerprint density at radius 2 is 1.80 bits per heavy atom. The van der Waals surface area contributed by atoms with Crippen molar-refractivity contribution in [2.75, 3.05) is 14.2 Å². The first-order chi connectivity index (χ1) is 9.56. The highest BCUT2D eigenvalue weighted by Gasteiger charge is 2.16. The number of ether oxygens (including phenoxy) is 2. The summed E-state index contributed by atoms with van der Waals surface area (Å²) in [6, 6.07) is 11.1. The molecule has 2 rings (SSSR count). The number of rotatable bonds is 4. The third-order valence-corrected chi connectivity index (χ3v) is 3.73. The number of benzene rings is 2. The van der Waals surface area contributed by atoms with Crippen molar-refractivity contribution in [3.63, 3.8) is 0 Å². The standard InChI is InChI=1S/C16H18ClNO2/c1-10-4-5-11(8-14(10)17)16(18)13-9-12(19-2)6-7-15(13)20-3/h4-9,16H,18H2,1-3H3. The van der Waals surface area contributed by atoms with Gasteiger partial charge >= 0.3 is 0 Å². The molecule has 20 heavy (non-hydrogen) atoms. The summed E-state index contributed by atoms with van der Waals surface area (Å²) < 4.78 is 10.6. The van der Waals surface area contributed by atoms with Gasteiger partial charge in [0.05, 0.1) is 20.3 Å². The van der Waals surface area contributed by atoms with Crippen LogP contribution in [0.25, 0.3) is 0 Å². The molecule has 2 N–H and O–H groups in total. The molecule has 0 fully saturated rings. The Morgan fingerprint density at radius 1 is 1.05 bits per heavy atom. The first-order valence-electron chi connectivity index (χ1n) is 6.30. The van der Waals surface area contributed by atoms with Gasteiger partial charge in [0.15, 0.2) is 0 Å². The van der Waals surface area contributed by atoms with E-state index in [1.165, 1.54) is 0 Å². The van der Waals surface area contributed by atoms with Crippen LogP contribution in [0.1, 0.15) is 22.7 Å². The van der Waals surface area contributed by atoms with Crippen molar-refractivity contribution >= 4 is 11.6 Å². The molecule has 3 nitrogen and oxygen atoms in total. The van der Waals surface area contributed by atoms with E-state index in [1.54, 1.807) is 14.2 Å². The Kier molecular flexibility index (Phi) is 4.53. The molecule has 0 radical (unpaired) electrons. The monoisotopic (exact) mass is 291 g/mol. The average Bonchev–Trinajstić information content (AvgIpc) is 2.48. The van der Waals surface area contributed by atoms with Crippen molar-refractivity contribution in [3.05, 3.63) is 58.1 Å². The van der Waals surface area contributed by atoms with Crippen molar-refractivity contribution in [1.82, 2.24) is 0 Å². The van der Waals surface area contributed by atoms with Crippen LogP contribution in [0.5, 0.6) is 11.5 Å². The third kappa shape index (κ3) is 2.89. The second-order valence-corrected chi connectivity index (χ2v) is 5.00. The lowest BCUT2D eigenvalue weighted by atomic mass is 9.97. The molecule has 0 heterocycles. The predicted octanol–water partition coefficient (Wildman–Crippen LogP) is 3.71. The molecule has 2 aromatic rings. The van der Waals surface area contributed by atoms with Gasteiger partial charge in [0, 0.05) is 10.6 Å². The van der Waals surface area contributed by atoms with Crippen LogP contribution >= 0.6 is 11.6 Å². The molecule has 106 valence electrons. The van der Waals surface area contributed by atoms with Crippen LogP contribution < -0.4 is 15.2 Å². The van der Waals surface area contributed by atoms with Crippen LogP contribution in [0.2, 0.25) is 5.02 Å². The van der Waals surface area contributed by atoms with E-state index < -0.39 is 0 Å². The maximum Gasteiger partial charge on any atom is 0.124 e. The van der Waals surface area contributed by atoms with E-state index in [0.717, 1.165) is 28.2 Å². The minimum atomic E-state index is -0.321. The van der Waals surface area contributed by atoms with Gasteiger partial charge in [-0.15, -0.1) is 0 Å². The molecule has 0 aliphatic heterocycles. The maximum absolute atomic E-state index is 6.34. The minimum Gasteiger partial charge on any atom is -0.497 e. The quantitative estimate of drug-likeness (QED) is 0.934. The lowest BCUT2D eigenvalue weighted by Crippen LogP contribution is -2.13. The molecule has 4 heteroatoms. The molecule has 0 aliphatic carbocycles. The molecule has 0 saturated heterocycles. The zero-order valence-electron chi connectivity index (χ0n) is 11.8. The number of hydrogen-bond acceptors (Lipinski definition) is 3. The third-order valence-electron chi connectivity index (χ3n) is 3.33. The van der Waals surface area contributed by atoms with Gasteiger partial charge in [-0.05, 0) is 42.3 Å². The zero-order valence-corrected chi connectivity index (χ0v) is 12.6. The molecule has 0 aromatic heterocycles. The molecule has 0 saturated carbocycles. The number of aryl methyl sites for hydroxylation is 1. The second-order valence-electron chi connectivity index (χ2n) is 4.59. The minimum absolute atomic E-state index is 0.321. The van der Waals surface area contributed by atoms with E-state index in [-0.39, 0.29) is 6.04 Å². The van der Waals surface area contributed by atoms with Crippen LogP contribution in [-0.4, -0.2) is 14.2 Å². The van der Waals surface area contributed by atoms with Crippen molar-refractivity contribution < 1.29 is 9.47 Å². The van der Waals surface area contributed by atoms with Crippen molar-refractivity contribution in [2.24, 2.45) is 5.73 Å². The Balaban J connectivity index is 2.45. The molecule has 0 spiro atoms. The summed E-state index contributed by atoms with van der Waals surface area (Å²) in [6.07, 6.45) is 0. The van der Waals surface area contributed by atoms with Gasteiger partial charge in [0.25, 0.3) is 0 Å². The van der Waals surface area contributed by atoms with Gasteiger partial charge in [0.1, 0.15) is 11.5 Å². The van der Waals surface area contributed by atoms with Gasteiger partial charge in [-0.3, -0.25) is 0 Å². The van der Waals surface area contributed by atoms with Crippen molar-refractivity contribution in [2.45, 2.75) is 13.0 Å². The highest BCUT2D eigenvalue weighted by Crippen LogP contribution is 2.32. The molecule has 0 bridgehead atoms. The number of nitrogens with two attached hydrogens (primary N) is 1. The summed E-state index contributed by atoms with van der Waals surface area (Å²) in [4.78, 5) is 0. The van der Waals surface area contributed by atoms with E-state index in [1.807, 2.05) is 43.3 Å². The Hall–Kier alpha value is -1.71. The summed E-state index contributed by atoms with van der Waals surface area (Å²) in [5, 5.41) is 0.708. The molecular weight excluding hydrogens is 274 g/mol. The predicted molar refractivity (Wildman–Crippen MR) is 81.8 cm³/mol. The lowest BCUT2D eigenvalue weighted by molar-refractivity contribution is 0.397. The largest absolute Gasteiger partial charge is 0.497 e. The van der Waals surface area contributed by atoms with Crippen LogP contribution in [0.4, 0.5) is 0 Å². The van der Waals surface area contributed by atoms with Crippen LogP contribution in [-0.2, 0) is 0 Å². The smallest absolute Gasteiger partial charge is 0.124 e. The number of hydrogen-bond donors (Lipinski definition) is 1. The summed E-state index contributed by atoms with van der Waals surface area (Å²) in [5.74, 6) is 1.48. The SMILES string of the molecule is COc1ccc(OC)c(C(N)c2ccc(C)c(Cl)c2)c1. The zero-order chi connectivity index (χ0) is 14.7. The van der Waals surface area contributed by atoms with Gasteiger partial charge in [-0.2, -0.15) is 0 Å². The van der Waals surface area contributed by atoms with Gasteiger partial charge in [0.2, 0.25) is 0 Å². The fourth-order valence-corrected chi connectivity index (χ4v) is 2.25. The summed E-state index contributed by atoms with van der Waals surface area (Å²) in [5.41, 5.74) is 9.17. The highest BCUT2D eigenvalue weighted by molar-refractivity contribution is 6.31. The first-order valence-corrected chi connectivity index (χ1v) is 6.68. The van der Waals surface area contributed by atoms with Crippen LogP contribution in [0.3, 0.4) is 0 Å². The molecule has 0 aliphatic rings. The van der Waals surface area contributed by atoms with Gasteiger partial charge in [-0.25, -0.2) is 0 Å². The number of halogens is 1. The number of methoxy groups -OCH3 is 2. The van der Waals surface area contributed by atoms with Crippen molar-refractivity contribution in [3.8, 4) is 11.5 Å². The normalized spacial score (nSPS) is 12.1. The lowest BCUT2D eigenvalue weighted by Gasteiger charge is -2.18. The Morgan fingerprint density at radius 3 is 2.40 bits per heavy atom. The first kappa shape index (κ1) is 14.7. The average molecular weight is 292 g/mol. The summed E-state index contributed by atoms with van der Waals surface area (Å²) in [7, 11) is 3.25. The molecule has 1 unspecified atom stereocenters. The van der Waals surface area contributed by atoms with E-state index in [4.69, 9.17) is 26.8 Å². The molecule has 1 atom stereocenters. The topological polar surface area (TPSA) is 44.5 Å². The Labute approximate surface area is 124 Å². The van der Waals surface area contributed by atoms with E-state index >= 15 is 0 Å². The summed E-state index contributed by atoms with van der Waals surface area (Å²) in [6.45, 7) is 1.96. The highest BCUT2D eigenvalue weighted by atomic mass is 35.5. The molecule has 0 amide bonds. The van der Waals surface area contributed by atoms with Gasteiger partial charge < -0.3 is 15.2 Å². The Bertz CT molecular complexity index is 613. The molecular formula is C16H18ClNO2. The molecule has 2 aromatic carbocycles. The second kappa shape index (κ2) is 6.16. The van der Waals surface area contributed by atoms with Gasteiger partial charge in [-0.1, -0.05) is 23.7 Å². The maximum atomic E-state index is 6.34. The van der Waals surface area contributed by atoms with Crippen LogP contribution in [0, 0.1) is 6.92 Å². The van der Waals surface area contributed by atoms with E-state index in [2.05, 4.69) is 0 Å². The van der Waals surface area contributed by atoms with E-state index in [0.29, 0.717) is 5.02 Å². The fraction of sp³-hybridized carbons (Fsp3) is 0.250.